The van der Waals surface area contributed by atoms with E-state index in [-0.39, 0.29) is 0 Å². The molecule has 0 aliphatic carbocycles. The first-order chi connectivity index (χ1) is 7.52. The summed E-state index contributed by atoms with van der Waals surface area (Å²) in [5, 5.41) is 9.81. The molecular formula is C12H17NO3. The van der Waals surface area contributed by atoms with Crippen molar-refractivity contribution in [2.24, 2.45) is 5.73 Å². The van der Waals surface area contributed by atoms with Crippen LogP contribution in [0.4, 0.5) is 0 Å². The highest BCUT2D eigenvalue weighted by molar-refractivity contribution is 5.46. The highest BCUT2D eigenvalue weighted by atomic mass is 16.7. The maximum absolute atomic E-state index is 9.81. The van der Waals surface area contributed by atoms with E-state index in [1.807, 2.05) is 32.0 Å². The number of rotatable bonds is 3. The lowest BCUT2D eigenvalue weighted by atomic mass is 10.1. The van der Waals surface area contributed by atoms with E-state index in [0.29, 0.717) is 24.5 Å². The number of fused-ring (bicyclic) bond motifs is 1. The molecule has 1 aliphatic rings. The second-order valence-electron chi connectivity index (χ2n) is 4.40. The summed E-state index contributed by atoms with van der Waals surface area (Å²) >= 11 is 0. The molecule has 1 aromatic rings. The highest BCUT2D eigenvalue weighted by Gasteiger charge is 2.31. The van der Waals surface area contributed by atoms with Gasteiger partial charge in [0.1, 0.15) is 0 Å². The van der Waals surface area contributed by atoms with Gasteiger partial charge < -0.3 is 20.3 Å². The molecule has 0 saturated heterocycles. The molecule has 1 atom stereocenters. The summed E-state index contributed by atoms with van der Waals surface area (Å²) in [4.78, 5) is 0. The first-order valence-electron chi connectivity index (χ1n) is 5.42. The zero-order valence-corrected chi connectivity index (χ0v) is 9.56. The lowest BCUT2D eigenvalue weighted by molar-refractivity contribution is -0.0432. The van der Waals surface area contributed by atoms with Gasteiger partial charge >= 0.3 is 0 Å². The summed E-state index contributed by atoms with van der Waals surface area (Å²) < 4.78 is 11.2. The molecule has 16 heavy (non-hydrogen) atoms. The number of nitrogens with two attached hydrogens (primary N) is 1. The molecule has 0 aromatic heterocycles. The molecule has 0 bridgehead atoms. The Balaban J connectivity index is 2.22. The van der Waals surface area contributed by atoms with Crippen LogP contribution in [-0.4, -0.2) is 17.4 Å². The van der Waals surface area contributed by atoms with Gasteiger partial charge in [-0.05, 0) is 30.7 Å². The second kappa shape index (κ2) is 3.96. The molecule has 4 heteroatoms. The van der Waals surface area contributed by atoms with Gasteiger partial charge in [-0.15, -0.1) is 0 Å². The summed E-state index contributed by atoms with van der Waals surface area (Å²) in [6.45, 7) is 4.16. The fourth-order valence-corrected chi connectivity index (χ4v) is 1.77. The van der Waals surface area contributed by atoms with Crippen molar-refractivity contribution in [3.05, 3.63) is 23.8 Å². The van der Waals surface area contributed by atoms with E-state index in [2.05, 4.69) is 0 Å². The lowest BCUT2D eigenvalue weighted by Gasteiger charge is -2.16. The first kappa shape index (κ1) is 11.2. The molecule has 1 heterocycles. The zero-order valence-electron chi connectivity index (χ0n) is 9.56. The zero-order chi connectivity index (χ0) is 11.8. The van der Waals surface area contributed by atoms with Crippen LogP contribution in [-0.2, 0) is 0 Å². The first-order valence-corrected chi connectivity index (χ1v) is 5.42. The number of aliphatic hydroxyl groups excluding tert-OH is 1. The summed E-state index contributed by atoms with van der Waals surface area (Å²) in [5.74, 6) is 0.770. The smallest absolute Gasteiger partial charge is 0.246 e. The molecule has 0 spiro atoms. The Labute approximate surface area is 95.0 Å². The van der Waals surface area contributed by atoms with E-state index in [9.17, 15) is 5.11 Å². The monoisotopic (exact) mass is 223 g/mol. The predicted octanol–water partition coefficient (Wildman–Crippen LogP) is 1.58. The molecular weight excluding hydrogens is 206 g/mol. The molecule has 1 unspecified atom stereocenters. The highest BCUT2D eigenvalue weighted by Crippen LogP contribution is 2.40. The minimum Gasteiger partial charge on any atom is -0.449 e. The maximum Gasteiger partial charge on any atom is 0.246 e. The Morgan fingerprint density at radius 3 is 2.69 bits per heavy atom. The molecule has 0 fully saturated rings. The number of aliphatic hydroxyl groups is 1. The van der Waals surface area contributed by atoms with E-state index >= 15 is 0 Å². The average Bonchev–Trinajstić information content (AvgIpc) is 2.50. The Bertz CT molecular complexity index is 390. The quantitative estimate of drug-likeness (QED) is 0.816. The standard InChI is InChI=1S/C12H17NO3/c1-12(2)15-10-4-3-8(7-11(10)16-12)9(14)5-6-13/h3-4,7,9,14H,5-6,13H2,1-2H3. The summed E-state index contributed by atoms with van der Waals surface area (Å²) in [6.07, 6.45) is 0.00543. The third-order valence-corrected chi connectivity index (χ3v) is 2.50. The van der Waals surface area contributed by atoms with E-state index in [1.54, 1.807) is 0 Å². The second-order valence-corrected chi connectivity index (χ2v) is 4.40. The van der Waals surface area contributed by atoms with Crippen LogP contribution in [0.25, 0.3) is 0 Å². The SMILES string of the molecule is CC1(C)Oc2ccc(C(O)CCN)cc2O1. The largest absolute Gasteiger partial charge is 0.449 e. The van der Waals surface area contributed by atoms with Crippen molar-refractivity contribution in [1.29, 1.82) is 0 Å². The van der Waals surface area contributed by atoms with Crippen molar-refractivity contribution < 1.29 is 14.6 Å². The molecule has 2 rings (SSSR count). The molecule has 3 N–H and O–H groups in total. The van der Waals surface area contributed by atoms with Gasteiger partial charge in [0, 0.05) is 13.8 Å². The van der Waals surface area contributed by atoms with Crippen molar-refractivity contribution in [3.8, 4) is 11.5 Å². The van der Waals surface area contributed by atoms with Crippen LogP contribution in [0.5, 0.6) is 11.5 Å². The fraction of sp³-hybridized carbons (Fsp3) is 0.500. The average molecular weight is 223 g/mol. The van der Waals surface area contributed by atoms with Gasteiger partial charge in [-0.25, -0.2) is 0 Å². The van der Waals surface area contributed by atoms with Crippen LogP contribution < -0.4 is 15.2 Å². The number of hydrogen-bond acceptors (Lipinski definition) is 4. The van der Waals surface area contributed by atoms with Gasteiger partial charge in [0.05, 0.1) is 6.10 Å². The van der Waals surface area contributed by atoms with Crippen LogP contribution in [0.3, 0.4) is 0 Å². The van der Waals surface area contributed by atoms with Crippen LogP contribution in [0.1, 0.15) is 31.9 Å². The van der Waals surface area contributed by atoms with Crippen molar-refractivity contribution in [2.45, 2.75) is 32.2 Å². The van der Waals surface area contributed by atoms with Crippen molar-refractivity contribution in [1.82, 2.24) is 0 Å². The van der Waals surface area contributed by atoms with E-state index < -0.39 is 11.9 Å². The van der Waals surface area contributed by atoms with E-state index in [4.69, 9.17) is 15.2 Å². The topological polar surface area (TPSA) is 64.7 Å². The third-order valence-electron chi connectivity index (χ3n) is 2.50. The van der Waals surface area contributed by atoms with Gasteiger partial charge in [-0.2, -0.15) is 0 Å². The van der Waals surface area contributed by atoms with Gasteiger partial charge in [-0.1, -0.05) is 6.07 Å². The minimum absolute atomic E-state index is 0.459. The summed E-state index contributed by atoms with van der Waals surface area (Å²) in [6, 6.07) is 5.47. The van der Waals surface area contributed by atoms with Gasteiger partial charge in [0.15, 0.2) is 11.5 Å². The Hall–Kier alpha value is -1.26. The molecule has 4 nitrogen and oxygen atoms in total. The summed E-state index contributed by atoms with van der Waals surface area (Å²) in [7, 11) is 0. The number of benzene rings is 1. The summed E-state index contributed by atoms with van der Waals surface area (Å²) in [5.41, 5.74) is 6.22. The lowest BCUT2D eigenvalue weighted by Crippen LogP contribution is -2.29. The van der Waals surface area contributed by atoms with Crippen LogP contribution in [0, 0.1) is 0 Å². The van der Waals surface area contributed by atoms with Crippen LogP contribution in [0.2, 0.25) is 0 Å². The Morgan fingerprint density at radius 2 is 2.00 bits per heavy atom. The maximum atomic E-state index is 9.81. The molecule has 1 aromatic carbocycles. The number of hydrogen-bond donors (Lipinski definition) is 2. The van der Waals surface area contributed by atoms with E-state index in [1.165, 1.54) is 0 Å². The van der Waals surface area contributed by atoms with Crippen molar-refractivity contribution >= 4 is 0 Å². The van der Waals surface area contributed by atoms with Crippen molar-refractivity contribution in [2.75, 3.05) is 6.54 Å². The molecule has 0 radical (unpaired) electrons. The Morgan fingerprint density at radius 1 is 1.31 bits per heavy atom. The third kappa shape index (κ3) is 2.13. The number of ether oxygens (including phenoxy) is 2. The molecule has 1 aliphatic heterocycles. The van der Waals surface area contributed by atoms with Gasteiger partial charge in [-0.3, -0.25) is 0 Å². The molecule has 0 amide bonds. The van der Waals surface area contributed by atoms with Crippen molar-refractivity contribution in [3.63, 3.8) is 0 Å². The minimum atomic E-state index is -0.625. The molecule has 0 saturated carbocycles. The van der Waals surface area contributed by atoms with Gasteiger partial charge in [0.25, 0.3) is 0 Å². The fourth-order valence-electron chi connectivity index (χ4n) is 1.77. The molecule has 88 valence electrons. The van der Waals surface area contributed by atoms with Gasteiger partial charge in [0.2, 0.25) is 5.79 Å². The van der Waals surface area contributed by atoms with Crippen LogP contribution in [0.15, 0.2) is 18.2 Å². The Kier molecular flexibility index (Phi) is 2.78. The van der Waals surface area contributed by atoms with Crippen LogP contribution >= 0.6 is 0 Å². The predicted molar refractivity (Wildman–Crippen MR) is 60.4 cm³/mol. The normalized spacial score (nSPS) is 18.5. The van der Waals surface area contributed by atoms with E-state index in [0.717, 1.165) is 5.56 Å².